The normalized spacial score (nSPS) is 20.6. The van der Waals surface area contributed by atoms with Crippen LogP contribution < -0.4 is 4.90 Å². The highest BCUT2D eigenvalue weighted by Crippen LogP contribution is 2.26. The zero-order valence-corrected chi connectivity index (χ0v) is 10.9. The summed E-state index contributed by atoms with van der Waals surface area (Å²) < 4.78 is 27.6. The van der Waals surface area contributed by atoms with Crippen molar-refractivity contribution in [1.82, 2.24) is 4.90 Å². The highest BCUT2D eigenvalue weighted by atomic mass is 19.2. The molecule has 1 heterocycles. The molecule has 19 heavy (non-hydrogen) atoms. The van der Waals surface area contributed by atoms with Crippen molar-refractivity contribution >= 4 is 11.7 Å². The lowest BCUT2D eigenvalue weighted by molar-refractivity contribution is 0.0690. The zero-order chi connectivity index (χ0) is 14.2. The van der Waals surface area contributed by atoms with Crippen LogP contribution in [0.25, 0.3) is 0 Å². The maximum absolute atomic E-state index is 13.9. The third kappa shape index (κ3) is 2.53. The van der Waals surface area contributed by atoms with E-state index in [1.54, 1.807) is 4.90 Å². The van der Waals surface area contributed by atoms with Gasteiger partial charge in [0.2, 0.25) is 0 Å². The van der Waals surface area contributed by atoms with Crippen molar-refractivity contribution < 1.29 is 18.7 Å². The van der Waals surface area contributed by atoms with Gasteiger partial charge >= 0.3 is 5.97 Å². The lowest BCUT2D eigenvalue weighted by Gasteiger charge is -2.39. The van der Waals surface area contributed by atoms with Gasteiger partial charge in [0.25, 0.3) is 0 Å². The molecule has 0 aromatic heterocycles. The number of nitrogens with zero attached hydrogens (tertiary/aromatic N) is 2. The molecule has 1 aromatic carbocycles. The van der Waals surface area contributed by atoms with Crippen LogP contribution in [0.1, 0.15) is 17.3 Å². The van der Waals surface area contributed by atoms with Crippen molar-refractivity contribution in [2.24, 2.45) is 0 Å². The van der Waals surface area contributed by atoms with Gasteiger partial charge in [-0.2, -0.15) is 0 Å². The fourth-order valence-electron chi connectivity index (χ4n) is 2.22. The summed E-state index contributed by atoms with van der Waals surface area (Å²) in [5.74, 6) is -3.84. The monoisotopic (exact) mass is 270 g/mol. The molecule has 1 unspecified atom stereocenters. The summed E-state index contributed by atoms with van der Waals surface area (Å²) in [6.45, 7) is 3.93. The van der Waals surface area contributed by atoms with Crippen LogP contribution >= 0.6 is 0 Å². The summed E-state index contributed by atoms with van der Waals surface area (Å²) >= 11 is 0. The topological polar surface area (TPSA) is 43.8 Å². The van der Waals surface area contributed by atoms with E-state index in [9.17, 15) is 13.6 Å². The van der Waals surface area contributed by atoms with Crippen LogP contribution in [0.2, 0.25) is 0 Å². The number of benzene rings is 1. The van der Waals surface area contributed by atoms with Crippen molar-refractivity contribution in [2.75, 3.05) is 31.6 Å². The van der Waals surface area contributed by atoms with E-state index in [-0.39, 0.29) is 11.7 Å². The Kier molecular flexibility index (Phi) is 3.71. The Morgan fingerprint density at radius 3 is 2.58 bits per heavy atom. The van der Waals surface area contributed by atoms with Crippen LogP contribution in [0.15, 0.2) is 12.1 Å². The van der Waals surface area contributed by atoms with Gasteiger partial charge in [0.05, 0.1) is 11.3 Å². The van der Waals surface area contributed by atoms with E-state index in [4.69, 9.17) is 5.11 Å². The highest BCUT2D eigenvalue weighted by molar-refractivity contribution is 5.88. The van der Waals surface area contributed by atoms with E-state index in [0.29, 0.717) is 13.1 Å². The van der Waals surface area contributed by atoms with Gasteiger partial charge in [-0.25, -0.2) is 13.6 Å². The fourth-order valence-corrected chi connectivity index (χ4v) is 2.22. The number of hydrogen-bond acceptors (Lipinski definition) is 3. The van der Waals surface area contributed by atoms with Crippen LogP contribution in [-0.4, -0.2) is 48.7 Å². The van der Waals surface area contributed by atoms with Gasteiger partial charge in [-0.05, 0) is 26.1 Å². The highest BCUT2D eigenvalue weighted by Gasteiger charge is 2.25. The molecule has 0 radical (unpaired) electrons. The first-order valence-electron chi connectivity index (χ1n) is 6.08. The van der Waals surface area contributed by atoms with Crippen molar-refractivity contribution in [3.8, 4) is 0 Å². The van der Waals surface area contributed by atoms with Crippen LogP contribution in [-0.2, 0) is 0 Å². The summed E-state index contributed by atoms with van der Waals surface area (Å²) in [7, 11) is 1.98. The fraction of sp³-hybridized carbons (Fsp3) is 0.462. The van der Waals surface area contributed by atoms with Gasteiger partial charge in [0.15, 0.2) is 11.6 Å². The molecule has 0 bridgehead atoms. The van der Waals surface area contributed by atoms with E-state index < -0.39 is 23.2 Å². The first-order valence-corrected chi connectivity index (χ1v) is 6.08. The Hall–Kier alpha value is -1.69. The summed E-state index contributed by atoms with van der Waals surface area (Å²) in [5, 5.41) is 8.74. The molecule has 4 nitrogen and oxygen atoms in total. The number of piperazine rings is 1. The Morgan fingerprint density at radius 1 is 1.32 bits per heavy atom. The Bertz CT molecular complexity index is 508. The Balaban J connectivity index is 2.31. The third-order valence-corrected chi connectivity index (χ3v) is 3.59. The zero-order valence-electron chi connectivity index (χ0n) is 10.9. The van der Waals surface area contributed by atoms with E-state index in [0.717, 1.165) is 12.6 Å². The van der Waals surface area contributed by atoms with E-state index in [1.165, 1.54) is 6.07 Å². The smallest absolute Gasteiger partial charge is 0.338 e. The summed E-state index contributed by atoms with van der Waals surface area (Å²) in [6, 6.07) is 2.68. The molecular formula is C13H16F2N2O2. The molecule has 6 heteroatoms. The number of rotatable bonds is 2. The van der Waals surface area contributed by atoms with Crippen LogP contribution in [0.5, 0.6) is 0 Å². The average molecular weight is 270 g/mol. The molecule has 0 saturated carbocycles. The maximum atomic E-state index is 13.9. The minimum absolute atomic E-state index is 0.127. The van der Waals surface area contributed by atoms with Crippen molar-refractivity contribution in [2.45, 2.75) is 13.0 Å². The Labute approximate surface area is 110 Å². The second-order valence-corrected chi connectivity index (χ2v) is 4.84. The number of aromatic carboxylic acids is 1. The molecule has 0 amide bonds. The largest absolute Gasteiger partial charge is 0.478 e. The van der Waals surface area contributed by atoms with Crippen molar-refractivity contribution in [3.63, 3.8) is 0 Å². The van der Waals surface area contributed by atoms with Crippen LogP contribution in [0.4, 0.5) is 14.5 Å². The molecule has 1 N–H and O–H groups in total. The molecule has 1 saturated heterocycles. The standard InChI is InChI=1S/C13H16F2N2O2/c1-8-7-17(6-5-16(8)2)10-4-3-9(13(18)19)11(14)12(10)15/h3-4,8H,5-7H2,1-2H3,(H,18,19). The van der Waals surface area contributed by atoms with Gasteiger partial charge in [0, 0.05) is 25.7 Å². The second kappa shape index (κ2) is 5.13. The first kappa shape index (κ1) is 13.7. The van der Waals surface area contributed by atoms with E-state index in [1.807, 2.05) is 14.0 Å². The molecule has 0 spiro atoms. The maximum Gasteiger partial charge on any atom is 0.338 e. The number of halogens is 2. The van der Waals surface area contributed by atoms with Gasteiger partial charge in [0.1, 0.15) is 0 Å². The lowest BCUT2D eigenvalue weighted by Crippen LogP contribution is -2.50. The molecule has 1 fully saturated rings. The number of carboxylic acid groups (broad SMARTS) is 1. The van der Waals surface area contributed by atoms with Gasteiger partial charge in [-0.1, -0.05) is 0 Å². The molecular weight excluding hydrogens is 254 g/mol. The molecule has 104 valence electrons. The lowest BCUT2D eigenvalue weighted by atomic mass is 10.1. The Morgan fingerprint density at radius 2 is 2.00 bits per heavy atom. The second-order valence-electron chi connectivity index (χ2n) is 4.84. The number of carbonyl (C=O) groups is 1. The van der Waals surface area contributed by atoms with E-state index >= 15 is 0 Å². The number of anilines is 1. The molecule has 2 rings (SSSR count). The summed E-state index contributed by atoms with van der Waals surface area (Å²) in [6.07, 6.45) is 0. The molecule has 1 atom stereocenters. The molecule has 1 aliphatic rings. The SMILES string of the molecule is CC1CN(c2ccc(C(=O)O)c(F)c2F)CCN1C. The molecule has 1 aliphatic heterocycles. The van der Waals surface area contributed by atoms with Crippen LogP contribution in [0, 0.1) is 11.6 Å². The third-order valence-electron chi connectivity index (χ3n) is 3.59. The summed E-state index contributed by atoms with van der Waals surface area (Å²) in [4.78, 5) is 14.6. The number of likely N-dealkylation sites (N-methyl/N-ethyl adjacent to an activating group) is 1. The molecule has 1 aromatic rings. The minimum Gasteiger partial charge on any atom is -0.478 e. The number of hydrogen-bond donors (Lipinski definition) is 1. The quantitative estimate of drug-likeness (QED) is 0.890. The number of carboxylic acids is 1. The minimum atomic E-state index is -1.46. The van der Waals surface area contributed by atoms with Crippen molar-refractivity contribution in [1.29, 1.82) is 0 Å². The van der Waals surface area contributed by atoms with Crippen LogP contribution in [0.3, 0.4) is 0 Å². The molecule has 0 aliphatic carbocycles. The predicted molar refractivity (Wildman–Crippen MR) is 67.6 cm³/mol. The summed E-state index contributed by atoms with van der Waals surface area (Å²) in [5.41, 5.74) is -0.508. The van der Waals surface area contributed by atoms with Gasteiger partial charge < -0.3 is 14.9 Å². The van der Waals surface area contributed by atoms with Gasteiger partial charge in [-0.3, -0.25) is 0 Å². The average Bonchev–Trinajstić information content (AvgIpc) is 2.36. The van der Waals surface area contributed by atoms with Gasteiger partial charge in [-0.15, -0.1) is 0 Å². The van der Waals surface area contributed by atoms with Crippen molar-refractivity contribution in [3.05, 3.63) is 29.3 Å². The first-order chi connectivity index (χ1) is 8.91. The van der Waals surface area contributed by atoms with E-state index in [2.05, 4.69) is 4.90 Å². The predicted octanol–water partition coefficient (Wildman–Crippen LogP) is 1.80.